The minimum Gasteiger partial charge on any atom is -0.494 e. The maximum atomic E-state index is 12.0. The first-order valence-electron chi connectivity index (χ1n) is 8.51. The number of carbonyl (C=O) groups is 2. The van der Waals surface area contributed by atoms with Gasteiger partial charge in [0, 0.05) is 17.4 Å². The number of amidine groups is 1. The van der Waals surface area contributed by atoms with Gasteiger partial charge in [0.25, 0.3) is 0 Å². The van der Waals surface area contributed by atoms with Crippen LogP contribution in [0.2, 0.25) is 0 Å². The van der Waals surface area contributed by atoms with Crippen molar-refractivity contribution in [3.63, 3.8) is 0 Å². The minimum absolute atomic E-state index is 0.000213. The summed E-state index contributed by atoms with van der Waals surface area (Å²) >= 11 is 1.26. The van der Waals surface area contributed by atoms with Gasteiger partial charge in [-0.3, -0.25) is 9.59 Å². The van der Waals surface area contributed by atoms with Gasteiger partial charge in [-0.25, -0.2) is 8.42 Å². The lowest BCUT2D eigenvalue weighted by atomic mass is 10.2. The third-order valence-electron chi connectivity index (χ3n) is 4.27. The molecule has 1 N–H and O–H groups in total. The summed E-state index contributed by atoms with van der Waals surface area (Å²) in [6, 6.07) is 6.87. The topological polar surface area (TPSA) is 113 Å². The van der Waals surface area contributed by atoms with Gasteiger partial charge in [-0.15, -0.1) is 0 Å². The second-order valence-corrected chi connectivity index (χ2v) is 9.64. The Kier molecular flexibility index (Phi) is 5.75. The van der Waals surface area contributed by atoms with Crippen LogP contribution in [0.4, 0.5) is 5.69 Å². The predicted molar refractivity (Wildman–Crippen MR) is 103 cm³/mol. The van der Waals surface area contributed by atoms with Crippen molar-refractivity contribution in [2.75, 3.05) is 23.0 Å². The van der Waals surface area contributed by atoms with E-state index in [2.05, 4.69) is 4.99 Å². The number of hydrogen-bond donors (Lipinski definition) is 1. The molecule has 1 aromatic rings. The minimum atomic E-state index is -3.14. The standard InChI is InChI=1S/C17H20N2O6S2/c1-2-25-12-5-3-11(4-6-12)19-13-9-27(23,24)10-14(13)26-17(19)18-15(20)7-8-16(21)22/h3-6,13-14H,2,7-10H2,1H3,(H,21,22)/t13-,14-/m1/s1. The van der Waals surface area contributed by atoms with Crippen LogP contribution < -0.4 is 9.64 Å². The van der Waals surface area contributed by atoms with E-state index in [0.29, 0.717) is 17.5 Å². The lowest BCUT2D eigenvalue weighted by Crippen LogP contribution is -2.37. The van der Waals surface area contributed by atoms with E-state index in [1.807, 2.05) is 6.92 Å². The van der Waals surface area contributed by atoms with Gasteiger partial charge in [-0.05, 0) is 31.2 Å². The average Bonchev–Trinajstić information content (AvgIpc) is 3.05. The highest BCUT2D eigenvalue weighted by Crippen LogP contribution is 2.41. The SMILES string of the molecule is CCOc1ccc(N2C(=NC(=O)CCC(=O)O)S[C@@H]3CS(=O)(=O)C[C@H]32)cc1. The highest BCUT2D eigenvalue weighted by molar-refractivity contribution is 8.16. The van der Waals surface area contributed by atoms with Gasteiger partial charge in [0.15, 0.2) is 15.0 Å². The maximum Gasteiger partial charge on any atom is 0.303 e. The smallest absolute Gasteiger partial charge is 0.303 e. The number of aliphatic carboxylic acids is 1. The Morgan fingerprint density at radius 3 is 2.59 bits per heavy atom. The van der Waals surface area contributed by atoms with Crippen LogP contribution in [-0.2, 0) is 19.4 Å². The van der Waals surface area contributed by atoms with E-state index < -0.39 is 21.7 Å². The number of thioether (sulfide) groups is 1. The summed E-state index contributed by atoms with van der Waals surface area (Å²) in [6.07, 6.45) is -0.477. The number of carboxylic acid groups (broad SMARTS) is 1. The van der Waals surface area contributed by atoms with Crippen LogP contribution in [0.5, 0.6) is 5.75 Å². The normalized spacial score (nSPS) is 24.8. The Morgan fingerprint density at radius 2 is 1.96 bits per heavy atom. The molecule has 0 bridgehead atoms. The van der Waals surface area contributed by atoms with E-state index in [0.717, 1.165) is 5.69 Å². The number of anilines is 1. The lowest BCUT2D eigenvalue weighted by Gasteiger charge is -2.24. The van der Waals surface area contributed by atoms with Crippen molar-refractivity contribution < 1.29 is 27.9 Å². The van der Waals surface area contributed by atoms with Crippen LogP contribution in [0.3, 0.4) is 0 Å². The van der Waals surface area contributed by atoms with E-state index in [4.69, 9.17) is 9.84 Å². The molecule has 146 valence electrons. The molecule has 8 nitrogen and oxygen atoms in total. The third-order valence-corrected chi connectivity index (χ3v) is 7.48. The Balaban J connectivity index is 1.88. The number of sulfone groups is 1. The molecule has 0 saturated carbocycles. The fraction of sp³-hybridized carbons (Fsp3) is 0.471. The second-order valence-electron chi connectivity index (χ2n) is 6.28. The molecule has 27 heavy (non-hydrogen) atoms. The quantitative estimate of drug-likeness (QED) is 0.749. The van der Waals surface area contributed by atoms with E-state index in [9.17, 15) is 18.0 Å². The van der Waals surface area contributed by atoms with Crippen molar-refractivity contribution in [2.45, 2.75) is 31.1 Å². The number of aliphatic imine (C=N–C) groups is 1. The molecule has 2 atom stereocenters. The number of carbonyl (C=O) groups excluding carboxylic acids is 1. The molecule has 1 aromatic carbocycles. The molecule has 2 saturated heterocycles. The lowest BCUT2D eigenvalue weighted by molar-refractivity contribution is -0.138. The van der Waals surface area contributed by atoms with Crippen molar-refractivity contribution in [2.24, 2.45) is 4.99 Å². The summed E-state index contributed by atoms with van der Waals surface area (Å²) in [4.78, 5) is 28.5. The number of ether oxygens (including phenoxy) is 1. The summed E-state index contributed by atoms with van der Waals surface area (Å²) in [5.74, 6) is -0.856. The summed E-state index contributed by atoms with van der Waals surface area (Å²) < 4.78 is 29.5. The van der Waals surface area contributed by atoms with Crippen molar-refractivity contribution in [1.82, 2.24) is 0 Å². The Bertz CT molecular complexity index is 866. The summed E-state index contributed by atoms with van der Waals surface area (Å²) in [6.45, 7) is 2.42. The molecular weight excluding hydrogens is 392 g/mol. The zero-order chi connectivity index (χ0) is 19.6. The van der Waals surface area contributed by atoms with Crippen LogP contribution in [0.1, 0.15) is 19.8 Å². The van der Waals surface area contributed by atoms with E-state index in [1.54, 1.807) is 29.2 Å². The highest BCUT2D eigenvalue weighted by Gasteiger charge is 2.49. The number of carboxylic acids is 1. The van der Waals surface area contributed by atoms with Crippen molar-refractivity contribution in [3.05, 3.63) is 24.3 Å². The van der Waals surface area contributed by atoms with Crippen molar-refractivity contribution in [1.29, 1.82) is 0 Å². The van der Waals surface area contributed by atoms with E-state index in [-0.39, 0.29) is 35.6 Å². The Morgan fingerprint density at radius 1 is 1.26 bits per heavy atom. The summed E-state index contributed by atoms with van der Waals surface area (Å²) in [5, 5.41) is 8.93. The van der Waals surface area contributed by atoms with Gasteiger partial charge in [0.2, 0.25) is 5.91 Å². The third kappa shape index (κ3) is 4.62. The first-order valence-corrected chi connectivity index (χ1v) is 11.2. The highest BCUT2D eigenvalue weighted by atomic mass is 32.2. The first-order chi connectivity index (χ1) is 12.8. The number of rotatable bonds is 6. The molecule has 0 aliphatic carbocycles. The van der Waals surface area contributed by atoms with Gasteiger partial charge in [-0.1, -0.05) is 11.8 Å². The average molecular weight is 412 g/mol. The monoisotopic (exact) mass is 412 g/mol. The van der Waals surface area contributed by atoms with Crippen LogP contribution in [0.25, 0.3) is 0 Å². The zero-order valence-corrected chi connectivity index (χ0v) is 16.3. The fourth-order valence-electron chi connectivity index (χ4n) is 3.11. The molecule has 3 rings (SSSR count). The molecule has 2 aliphatic rings. The molecule has 0 spiro atoms. The molecule has 0 unspecified atom stereocenters. The molecule has 0 radical (unpaired) electrons. The van der Waals surface area contributed by atoms with E-state index in [1.165, 1.54) is 11.8 Å². The molecule has 2 fully saturated rings. The summed E-state index contributed by atoms with van der Waals surface area (Å²) in [7, 11) is -3.14. The molecular formula is C17H20N2O6S2. The largest absolute Gasteiger partial charge is 0.494 e. The molecule has 0 aromatic heterocycles. The maximum absolute atomic E-state index is 12.0. The van der Waals surface area contributed by atoms with Crippen LogP contribution in [-0.4, -0.2) is 60.0 Å². The van der Waals surface area contributed by atoms with Gasteiger partial charge in [0.1, 0.15) is 5.75 Å². The molecule has 2 heterocycles. The number of fused-ring (bicyclic) bond motifs is 1. The summed E-state index contributed by atoms with van der Waals surface area (Å²) in [5.41, 5.74) is 0.723. The van der Waals surface area contributed by atoms with Crippen molar-refractivity contribution >= 4 is 44.3 Å². The fourth-order valence-corrected chi connectivity index (χ4v) is 7.04. The Labute approximate surface area is 161 Å². The van der Waals surface area contributed by atoms with Crippen LogP contribution in [0, 0.1) is 0 Å². The number of benzene rings is 1. The van der Waals surface area contributed by atoms with Gasteiger partial charge >= 0.3 is 5.97 Å². The second kappa shape index (κ2) is 7.89. The van der Waals surface area contributed by atoms with Gasteiger partial charge in [0.05, 0.1) is 30.6 Å². The zero-order valence-electron chi connectivity index (χ0n) is 14.7. The molecule has 1 amide bonds. The Hall–Kier alpha value is -2.07. The molecule has 10 heteroatoms. The van der Waals surface area contributed by atoms with Gasteiger partial charge in [-0.2, -0.15) is 4.99 Å². The number of amides is 1. The van der Waals surface area contributed by atoms with Gasteiger partial charge < -0.3 is 14.7 Å². The first kappa shape index (κ1) is 19.7. The number of hydrogen-bond acceptors (Lipinski definition) is 6. The predicted octanol–water partition coefficient (Wildman–Crippen LogP) is 1.55. The van der Waals surface area contributed by atoms with Crippen LogP contribution in [0.15, 0.2) is 29.3 Å². The van der Waals surface area contributed by atoms with Crippen molar-refractivity contribution in [3.8, 4) is 5.75 Å². The van der Waals surface area contributed by atoms with Crippen LogP contribution >= 0.6 is 11.8 Å². The van der Waals surface area contributed by atoms with E-state index >= 15 is 0 Å². The number of nitrogens with zero attached hydrogens (tertiary/aromatic N) is 2. The molecule has 2 aliphatic heterocycles.